The van der Waals surface area contributed by atoms with Crippen molar-refractivity contribution >= 4 is 34.4 Å². The molecule has 6 rings (SSSR count). The zero-order chi connectivity index (χ0) is 29.8. The van der Waals surface area contributed by atoms with Crippen LogP contribution in [-0.2, 0) is 22.3 Å². The zero-order valence-corrected chi connectivity index (χ0v) is 23.3. The van der Waals surface area contributed by atoms with Crippen molar-refractivity contribution in [2.45, 2.75) is 30.5 Å². The SMILES string of the molecule is C=CC(=O)N1CCN(c2nc(=O)n3c4c(c(-c5ccc(F)cc5F)c(C(F)(F)F)cc24)SCC2(CCOCC2)C3)CC1. The lowest BCUT2D eigenvalue weighted by molar-refractivity contribution is -0.137. The van der Waals surface area contributed by atoms with Crippen LogP contribution in [0.1, 0.15) is 18.4 Å². The Bertz CT molecular complexity index is 1640. The van der Waals surface area contributed by atoms with Crippen molar-refractivity contribution < 1.29 is 31.5 Å². The van der Waals surface area contributed by atoms with E-state index in [1.165, 1.54) is 10.6 Å². The number of rotatable bonds is 3. The molecule has 2 aromatic carbocycles. The predicted octanol–water partition coefficient (Wildman–Crippen LogP) is 5.10. The Hall–Kier alpha value is -3.45. The number of piperazine rings is 1. The molecule has 0 bridgehead atoms. The second kappa shape index (κ2) is 10.7. The monoisotopic (exact) mass is 606 g/mol. The van der Waals surface area contributed by atoms with E-state index in [9.17, 15) is 27.2 Å². The van der Waals surface area contributed by atoms with E-state index in [1.807, 2.05) is 0 Å². The van der Waals surface area contributed by atoms with Crippen LogP contribution in [0.25, 0.3) is 22.0 Å². The Morgan fingerprint density at radius 2 is 1.81 bits per heavy atom. The molecule has 0 atom stereocenters. The zero-order valence-electron chi connectivity index (χ0n) is 22.5. The van der Waals surface area contributed by atoms with Crippen LogP contribution in [0.3, 0.4) is 0 Å². The molecule has 1 spiro atoms. The quantitative estimate of drug-likeness (QED) is 0.306. The van der Waals surface area contributed by atoms with E-state index in [2.05, 4.69) is 11.6 Å². The van der Waals surface area contributed by atoms with Crippen LogP contribution < -0.4 is 10.6 Å². The Balaban J connectivity index is 1.63. The minimum Gasteiger partial charge on any atom is -0.381 e. The van der Waals surface area contributed by atoms with Crippen LogP contribution in [-0.4, -0.2) is 65.5 Å². The highest BCUT2D eigenvalue weighted by atomic mass is 32.2. The van der Waals surface area contributed by atoms with Crippen molar-refractivity contribution in [2.24, 2.45) is 5.41 Å². The normalized spacial score (nSPS) is 18.8. The highest BCUT2D eigenvalue weighted by Crippen LogP contribution is 2.51. The molecule has 3 aliphatic heterocycles. The number of carbonyl (C=O) groups is 1. The molecule has 0 radical (unpaired) electrons. The number of hydrogen-bond donors (Lipinski definition) is 0. The Kier molecular flexibility index (Phi) is 7.28. The van der Waals surface area contributed by atoms with Crippen molar-refractivity contribution in [3.8, 4) is 11.1 Å². The van der Waals surface area contributed by atoms with Gasteiger partial charge < -0.3 is 14.5 Å². The first-order valence-corrected chi connectivity index (χ1v) is 14.5. The number of nitrogens with zero attached hydrogens (tertiary/aromatic N) is 4. The number of alkyl halides is 3. The lowest BCUT2D eigenvalue weighted by Gasteiger charge is -2.37. The van der Waals surface area contributed by atoms with Crippen molar-refractivity contribution in [1.29, 1.82) is 0 Å². The summed E-state index contributed by atoms with van der Waals surface area (Å²) in [5.74, 6) is -1.85. The van der Waals surface area contributed by atoms with Gasteiger partial charge in [-0.05, 0) is 37.1 Å². The summed E-state index contributed by atoms with van der Waals surface area (Å²) in [5.41, 5.74) is -2.75. The van der Waals surface area contributed by atoms with Gasteiger partial charge in [0.1, 0.15) is 17.5 Å². The van der Waals surface area contributed by atoms with Gasteiger partial charge >= 0.3 is 11.9 Å². The summed E-state index contributed by atoms with van der Waals surface area (Å²) in [6, 6.07) is 3.42. The lowest BCUT2D eigenvalue weighted by atomic mass is 9.82. The first-order valence-electron chi connectivity index (χ1n) is 13.5. The maximum absolute atomic E-state index is 15.2. The highest BCUT2D eigenvalue weighted by molar-refractivity contribution is 7.99. The van der Waals surface area contributed by atoms with E-state index >= 15 is 4.39 Å². The van der Waals surface area contributed by atoms with E-state index in [4.69, 9.17) is 4.74 Å². The van der Waals surface area contributed by atoms with Crippen molar-refractivity contribution in [3.63, 3.8) is 0 Å². The van der Waals surface area contributed by atoms with Crippen molar-refractivity contribution in [2.75, 3.05) is 50.0 Å². The van der Waals surface area contributed by atoms with E-state index in [0.717, 1.165) is 30.0 Å². The second-order valence-corrected chi connectivity index (χ2v) is 11.9. The average molecular weight is 607 g/mol. The van der Waals surface area contributed by atoms with Crippen LogP contribution in [0.5, 0.6) is 0 Å². The van der Waals surface area contributed by atoms with Crippen LogP contribution in [0.4, 0.5) is 27.8 Å². The Morgan fingerprint density at radius 1 is 1.10 bits per heavy atom. The molecule has 1 aromatic heterocycles. The number of thioether (sulfide) groups is 1. The average Bonchev–Trinajstić information content (AvgIpc) is 3.12. The number of anilines is 1. The molecule has 4 heterocycles. The molecule has 0 aliphatic carbocycles. The summed E-state index contributed by atoms with van der Waals surface area (Å²) in [6.07, 6.45) is -2.52. The van der Waals surface area contributed by atoms with Gasteiger partial charge in [0.15, 0.2) is 0 Å². The van der Waals surface area contributed by atoms with Gasteiger partial charge in [0, 0.05) is 84.6 Å². The molecule has 0 saturated carbocycles. The Labute approximate surface area is 241 Å². The summed E-state index contributed by atoms with van der Waals surface area (Å²) < 4.78 is 80.5. The number of halogens is 5. The second-order valence-electron chi connectivity index (χ2n) is 10.9. The van der Waals surface area contributed by atoms with Gasteiger partial charge in [0.25, 0.3) is 0 Å². The third-order valence-corrected chi connectivity index (χ3v) is 9.78. The number of ether oxygens (including phenoxy) is 1. The highest BCUT2D eigenvalue weighted by Gasteiger charge is 2.42. The number of aromatic nitrogens is 2. The molecule has 1 amide bonds. The van der Waals surface area contributed by atoms with E-state index in [-0.39, 0.29) is 60.2 Å². The van der Waals surface area contributed by atoms with Crippen LogP contribution in [0.15, 0.2) is 46.6 Å². The molecule has 2 saturated heterocycles. The van der Waals surface area contributed by atoms with Crippen LogP contribution in [0.2, 0.25) is 0 Å². The standard InChI is InChI=1S/C29H27F5N4O3S/c1-2-22(39)36-7-9-37(10-8-36)26-19-14-20(29(32,33)34)23(18-4-3-17(30)13-21(18)31)25-24(19)38(27(40)35-26)15-28(16-42-25)5-11-41-12-6-28/h2-4,13-14H,1,5-12,15-16H2. The van der Waals surface area contributed by atoms with Gasteiger partial charge in [-0.25, -0.2) is 13.6 Å². The molecule has 42 heavy (non-hydrogen) atoms. The number of carbonyl (C=O) groups excluding carboxylic acids is 1. The van der Waals surface area contributed by atoms with E-state index in [1.54, 1.807) is 9.80 Å². The third kappa shape index (κ3) is 4.96. The molecule has 2 fully saturated rings. The van der Waals surface area contributed by atoms with Gasteiger partial charge in [-0.2, -0.15) is 18.2 Å². The smallest absolute Gasteiger partial charge is 0.381 e. The van der Waals surface area contributed by atoms with Crippen molar-refractivity contribution in [3.05, 3.63) is 64.6 Å². The fourth-order valence-corrected chi connectivity index (χ4v) is 7.64. The fraction of sp³-hybridized carbons (Fsp3) is 0.414. The van der Waals surface area contributed by atoms with Crippen molar-refractivity contribution in [1.82, 2.24) is 14.5 Å². The summed E-state index contributed by atoms with van der Waals surface area (Å²) in [6.45, 7) is 5.63. The third-order valence-electron chi connectivity index (χ3n) is 8.34. The largest absolute Gasteiger partial charge is 0.417 e. The van der Waals surface area contributed by atoms with Crippen LogP contribution >= 0.6 is 11.8 Å². The summed E-state index contributed by atoms with van der Waals surface area (Å²) >= 11 is 1.16. The van der Waals surface area contributed by atoms with Crippen LogP contribution in [0, 0.1) is 17.0 Å². The van der Waals surface area contributed by atoms with Gasteiger partial charge in [0.05, 0.1) is 11.1 Å². The molecule has 222 valence electrons. The van der Waals surface area contributed by atoms with E-state index < -0.39 is 45.6 Å². The number of benzene rings is 2. The fourth-order valence-electron chi connectivity index (χ4n) is 6.09. The maximum Gasteiger partial charge on any atom is 0.417 e. The van der Waals surface area contributed by atoms with Gasteiger partial charge in [-0.15, -0.1) is 11.8 Å². The summed E-state index contributed by atoms with van der Waals surface area (Å²) in [5, 5.41) is 0.114. The first-order chi connectivity index (χ1) is 20.0. The molecule has 3 aliphatic rings. The topological polar surface area (TPSA) is 67.7 Å². The number of amides is 1. The van der Waals surface area contributed by atoms with E-state index in [0.29, 0.717) is 37.9 Å². The number of hydrogen-bond acceptors (Lipinski definition) is 6. The molecular formula is C29H27F5N4O3S. The minimum atomic E-state index is -4.91. The molecule has 13 heteroatoms. The maximum atomic E-state index is 15.2. The molecule has 0 N–H and O–H groups in total. The first kappa shape index (κ1) is 28.7. The summed E-state index contributed by atoms with van der Waals surface area (Å²) in [4.78, 5) is 33.5. The van der Waals surface area contributed by atoms with Gasteiger partial charge in [-0.3, -0.25) is 9.36 Å². The molecule has 7 nitrogen and oxygen atoms in total. The summed E-state index contributed by atoms with van der Waals surface area (Å²) in [7, 11) is 0. The predicted molar refractivity (Wildman–Crippen MR) is 149 cm³/mol. The lowest BCUT2D eigenvalue weighted by Crippen LogP contribution is -2.49. The molecule has 3 aromatic rings. The molecule has 0 unspecified atom stereocenters. The van der Waals surface area contributed by atoms with Gasteiger partial charge in [-0.1, -0.05) is 6.58 Å². The Morgan fingerprint density at radius 3 is 2.45 bits per heavy atom. The van der Waals surface area contributed by atoms with Gasteiger partial charge in [0.2, 0.25) is 5.91 Å². The minimum absolute atomic E-state index is 0.0818. The molecular weight excluding hydrogens is 579 g/mol.